The maximum atomic E-state index is 11.9. The number of carbonyl (C=O) groups is 2. The molecule has 0 aliphatic heterocycles. The molecule has 0 aliphatic carbocycles. The highest BCUT2D eigenvalue weighted by atomic mass is 16.1. The van der Waals surface area contributed by atoms with Crippen LogP contribution in [-0.2, 0) is 0 Å². The first-order valence-electron chi connectivity index (χ1n) is 6.85. The van der Waals surface area contributed by atoms with Gasteiger partial charge in [-0.15, -0.1) is 0 Å². The number of hydrogen-bond donors (Lipinski definition) is 4. The first-order valence-corrected chi connectivity index (χ1v) is 6.85. The summed E-state index contributed by atoms with van der Waals surface area (Å²) in [5.74, 6) is -1.72. The van der Waals surface area contributed by atoms with Crippen LogP contribution in [-0.4, -0.2) is 23.7 Å². The zero-order valence-electron chi connectivity index (χ0n) is 12.6. The van der Waals surface area contributed by atoms with E-state index in [4.69, 9.17) is 22.9 Å². The van der Waals surface area contributed by atoms with Crippen molar-refractivity contribution in [1.29, 1.82) is 0 Å². The molecule has 2 amide bonds. The predicted molar refractivity (Wildman–Crippen MR) is 92.2 cm³/mol. The van der Waals surface area contributed by atoms with Crippen LogP contribution in [0.15, 0.2) is 58.5 Å². The molecule has 122 valence electrons. The van der Waals surface area contributed by atoms with E-state index in [9.17, 15) is 9.59 Å². The van der Waals surface area contributed by atoms with E-state index < -0.39 is 11.8 Å². The summed E-state index contributed by atoms with van der Waals surface area (Å²) in [7, 11) is 0. The topological polar surface area (TPSA) is 163 Å². The van der Waals surface area contributed by atoms with E-state index in [2.05, 4.69) is 9.98 Å². The summed E-state index contributed by atoms with van der Waals surface area (Å²) in [4.78, 5) is 30.8. The Kier molecular flexibility index (Phi) is 4.90. The van der Waals surface area contributed by atoms with Gasteiger partial charge in [0.2, 0.25) is 0 Å². The molecule has 24 heavy (non-hydrogen) atoms. The van der Waals surface area contributed by atoms with Gasteiger partial charge >= 0.3 is 0 Å². The minimum absolute atomic E-state index is 0.310. The average Bonchev–Trinajstić information content (AvgIpc) is 2.54. The number of benzene rings is 2. The third kappa shape index (κ3) is 4.17. The van der Waals surface area contributed by atoms with E-state index in [1.807, 2.05) is 0 Å². The molecule has 2 aromatic rings. The summed E-state index contributed by atoms with van der Waals surface area (Å²) in [6.07, 6.45) is 0. The number of hydrogen-bond acceptors (Lipinski definition) is 2. The number of rotatable bonds is 3. The third-order valence-electron chi connectivity index (χ3n) is 3.01. The second kappa shape index (κ2) is 7.05. The molecule has 0 aliphatic rings. The second-order valence-corrected chi connectivity index (χ2v) is 4.85. The van der Waals surface area contributed by atoms with Gasteiger partial charge in [0, 0.05) is 11.1 Å². The van der Waals surface area contributed by atoms with Crippen molar-refractivity contribution in [2.45, 2.75) is 0 Å². The molecule has 0 atom stereocenters. The van der Waals surface area contributed by atoms with Gasteiger partial charge in [0.1, 0.15) is 0 Å². The molecule has 0 radical (unpaired) electrons. The van der Waals surface area contributed by atoms with Crippen molar-refractivity contribution in [3.63, 3.8) is 0 Å². The van der Waals surface area contributed by atoms with Crippen molar-refractivity contribution in [1.82, 2.24) is 0 Å². The smallest absolute Gasteiger partial charge is 0.280 e. The SMILES string of the molecule is NC(N)=NC(=O)c1cccc(-c2cccc(C(=O)N=C(N)N)c2)c1. The van der Waals surface area contributed by atoms with Gasteiger partial charge in [-0.3, -0.25) is 9.59 Å². The fourth-order valence-corrected chi connectivity index (χ4v) is 2.03. The van der Waals surface area contributed by atoms with Gasteiger partial charge in [-0.1, -0.05) is 24.3 Å². The van der Waals surface area contributed by atoms with Crippen molar-refractivity contribution in [2.75, 3.05) is 0 Å². The van der Waals surface area contributed by atoms with Crippen molar-refractivity contribution < 1.29 is 9.59 Å². The number of carbonyl (C=O) groups excluding carboxylic acids is 2. The summed E-state index contributed by atoms with van der Waals surface area (Å²) in [5.41, 5.74) is 22.9. The van der Waals surface area contributed by atoms with Gasteiger partial charge in [-0.25, -0.2) is 0 Å². The van der Waals surface area contributed by atoms with Crippen molar-refractivity contribution in [3.8, 4) is 11.1 Å². The van der Waals surface area contributed by atoms with Crippen LogP contribution < -0.4 is 22.9 Å². The van der Waals surface area contributed by atoms with Crippen LogP contribution in [0.25, 0.3) is 11.1 Å². The Balaban J connectivity index is 2.39. The van der Waals surface area contributed by atoms with Crippen LogP contribution in [0.5, 0.6) is 0 Å². The van der Waals surface area contributed by atoms with Crippen molar-refractivity contribution in [3.05, 3.63) is 59.7 Å². The third-order valence-corrected chi connectivity index (χ3v) is 3.01. The molecule has 0 fully saturated rings. The Bertz CT molecular complexity index is 778. The zero-order valence-corrected chi connectivity index (χ0v) is 12.6. The maximum Gasteiger partial charge on any atom is 0.280 e. The lowest BCUT2D eigenvalue weighted by atomic mass is 10.0. The molecule has 0 spiro atoms. The molecule has 0 heterocycles. The summed E-state index contributed by atoms with van der Waals surface area (Å²) >= 11 is 0. The molecule has 8 heteroatoms. The van der Waals surface area contributed by atoms with E-state index >= 15 is 0 Å². The lowest BCUT2D eigenvalue weighted by Gasteiger charge is -2.05. The minimum atomic E-state index is -0.551. The molecule has 0 bridgehead atoms. The van der Waals surface area contributed by atoms with E-state index in [1.165, 1.54) is 0 Å². The first kappa shape index (κ1) is 16.7. The fraction of sp³-hybridized carbons (Fsp3) is 0. The van der Waals surface area contributed by atoms with Crippen LogP contribution in [0, 0.1) is 0 Å². The quantitative estimate of drug-likeness (QED) is 0.464. The van der Waals surface area contributed by atoms with E-state index in [0.29, 0.717) is 22.3 Å². The van der Waals surface area contributed by atoms with Crippen LogP contribution in [0.1, 0.15) is 20.7 Å². The first-order chi connectivity index (χ1) is 11.4. The highest BCUT2D eigenvalue weighted by Gasteiger charge is 2.09. The van der Waals surface area contributed by atoms with Gasteiger partial charge in [0.05, 0.1) is 0 Å². The van der Waals surface area contributed by atoms with Gasteiger partial charge < -0.3 is 22.9 Å². The molecular weight excluding hydrogens is 308 g/mol. The highest BCUT2D eigenvalue weighted by molar-refractivity contribution is 6.03. The summed E-state index contributed by atoms with van der Waals surface area (Å²) in [6.45, 7) is 0. The Hall–Kier alpha value is -3.68. The summed E-state index contributed by atoms with van der Waals surface area (Å²) < 4.78 is 0. The molecule has 2 aromatic carbocycles. The number of nitrogens with two attached hydrogens (primary N) is 4. The lowest BCUT2D eigenvalue weighted by molar-refractivity contribution is 0.0994. The molecule has 0 aromatic heterocycles. The largest absolute Gasteiger partial charge is 0.370 e. The van der Waals surface area contributed by atoms with E-state index in [0.717, 1.165) is 0 Å². The monoisotopic (exact) mass is 324 g/mol. The van der Waals surface area contributed by atoms with E-state index in [1.54, 1.807) is 48.5 Å². The molecule has 0 unspecified atom stereocenters. The fourth-order valence-electron chi connectivity index (χ4n) is 2.03. The minimum Gasteiger partial charge on any atom is -0.370 e. The Morgan fingerprint density at radius 3 is 1.38 bits per heavy atom. The van der Waals surface area contributed by atoms with Crippen LogP contribution in [0.4, 0.5) is 0 Å². The Morgan fingerprint density at radius 2 is 1.04 bits per heavy atom. The van der Waals surface area contributed by atoms with Crippen LogP contribution in [0.3, 0.4) is 0 Å². The second-order valence-electron chi connectivity index (χ2n) is 4.85. The number of amides is 2. The van der Waals surface area contributed by atoms with Crippen molar-refractivity contribution >= 4 is 23.7 Å². The standard InChI is InChI=1S/C16H16N6O2/c17-15(18)21-13(23)11-5-1-3-9(7-11)10-4-2-6-12(8-10)14(24)22-16(19)20/h1-8H,(H4,17,18,21,23)(H4,19,20,22,24). The normalized spacial score (nSPS) is 9.83. The Labute approximate surface area is 137 Å². The average molecular weight is 324 g/mol. The van der Waals surface area contributed by atoms with Gasteiger partial charge in [0.15, 0.2) is 11.9 Å². The number of nitrogens with zero attached hydrogens (tertiary/aromatic N) is 2. The molecule has 8 N–H and O–H groups in total. The molecule has 2 rings (SSSR count). The number of guanidine groups is 2. The molecule has 0 saturated carbocycles. The molecule has 0 saturated heterocycles. The highest BCUT2D eigenvalue weighted by Crippen LogP contribution is 2.22. The number of aliphatic imine (C=N–C) groups is 2. The zero-order chi connectivity index (χ0) is 17.7. The van der Waals surface area contributed by atoms with Gasteiger partial charge in [0.25, 0.3) is 11.8 Å². The van der Waals surface area contributed by atoms with Gasteiger partial charge in [-0.05, 0) is 35.4 Å². The lowest BCUT2D eigenvalue weighted by Crippen LogP contribution is -2.24. The van der Waals surface area contributed by atoms with Crippen LogP contribution in [0.2, 0.25) is 0 Å². The maximum absolute atomic E-state index is 11.9. The molecular formula is C16H16N6O2. The van der Waals surface area contributed by atoms with E-state index in [-0.39, 0.29) is 11.9 Å². The summed E-state index contributed by atoms with van der Waals surface area (Å²) in [6, 6.07) is 13.4. The Morgan fingerprint density at radius 1 is 0.667 bits per heavy atom. The predicted octanol–water partition coefficient (Wildman–Crippen LogP) is 0.181. The van der Waals surface area contributed by atoms with Crippen molar-refractivity contribution in [2.24, 2.45) is 32.9 Å². The summed E-state index contributed by atoms with van der Waals surface area (Å²) in [5, 5.41) is 0. The van der Waals surface area contributed by atoms with Crippen LogP contribution >= 0.6 is 0 Å². The molecule has 8 nitrogen and oxygen atoms in total. The van der Waals surface area contributed by atoms with Gasteiger partial charge in [-0.2, -0.15) is 9.98 Å².